The van der Waals surface area contributed by atoms with Gasteiger partial charge in [-0.1, -0.05) is 6.07 Å². The monoisotopic (exact) mass is 698 g/mol. The van der Waals surface area contributed by atoms with Gasteiger partial charge in [0.15, 0.2) is 0 Å². The number of alkyl halides is 6. The zero-order chi connectivity index (χ0) is 35.9. The number of hydrogen-bond acceptors (Lipinski definition) is 6. The fourth-order valence-electron chi connectivity index (χ4n) is 5.78. The number of aryl methyl sites for hydroxylation is 1. The van der Waals surface area contributed by atoms with Gasteiger partial charge in [-0.05, 0) is 67.8 Å². The summed E-state index contributed by atoms with van der Waals surface area (Å²) in [6.07, 6.45) is -10.3. The Labute approximate surface area is 276 Å². The van der Waals surface area contributed by atoms with E-state index in [2.05, 4.69) is 6.07 Å². The Bertz CT molecular complexity index is 1730. The molecule has 1 aliphatic heterocycles. The number of likely N-dealkylation sites (N-methyl/N-ethyl adjacent to an activating group) is 1. The lowest BCUT2D eigenvalue weighted by Crippen LogP contribution is -2.55. The maximum atomic E-state index is 14.2. The lowest BCUT2D eigenvalue weighted by molar-refractivity contribution is -0.143. The summed E-state index contributed by atoms with van der Waals surface area (Å²) in [6, 6.07) is 6.53. The fourth-order valence-corrected chi connectivity index (χ4v) is 7.18. The maximum absolute atomic E-state index is 14.2. The summed E-state index contributed by atoms with van der Waals surface area (Å²) in [6.45, 7) is 6.20. The summed E-state index contributed by atoms with van der Waals surface area (Å²) in [5.74, 6) is -1.61. The molecule has 48 heavy (non-hydrogen) atoms. The number of carbonyl (C=O) groups is 2. The van der Waals surface area contributed by atoms with Crippen LogP contribution in [-0.2, 0) is 33.9 Å². The van der Waals surface area contributed by atoms with Crippen LogP contribution in [0.4, 0.5) is 36.4 Å². The minimum absolute atomic E-state index is 0.0159. The van der Waals surface area contributed by atoms with Crippen molar-refractivity contribution in [1.29, 1.82) is 5.26 Å². The van der Waals surface area contributed by atoms with Crippen LogP contribution in [0.1, 0.15) is 53.5 Å². The maximum Gasteiger partial charge on any atom is 0.416 e. The number of piperazine rings is 1. The highest BCUT2D eigenvalue weighted by atomic mass is 32.1. The highest BCUT2D eigenvalue weighted by molar-refractivity contribution is 7.16. The number of nitriles is 1. The van der Waals surface area contributed by atoms with Crippen molar-refractivity contribution in [2.45, 2.75) is 58.0 Å². The van der Waals surface area contributed by atoms with Crippen molar-refractivity contribution >= 4 is 28.8 Å². The molecule has 1 aliphatic rings. The van der Waals surface area contributed by atoms with Crippen molar-refractivity contribution in [3.8, 4) is 16.5 Å². The Morgan fingerprint density at radius 3 is 2.10 bits per heavy atom. The zero-order valence-electron chi connectivity index (χ0n) is 26.7. The lowest BCUT2D eigenvalue weighted by atomic mass is 9.81. The van der Waals surface area contributed by atoms with Gasteiger partial charge < -0.3 is 14.9 Å². The number of carbonyl (C=O) groups excluding carboxylic acids is 2. The number of nitrogens with zero attached hydrogens (tertiary/aromatic N) is 4. The van der Waals surface area contributed by atoms with Gasteiger partial charge in [0.2, 0.25) is 11.8 Å². The van der Waals surface area contributed by atoms with Crippen molar-refractivity contribution < 1.29 is 45.4 Å². The first kappa shape index (κ1) is 36.8. The Balaban J connectivity index is 1.86. The summed E-state index contributed by atoms with van der Waals surface area (Å²) in [5, 5.41) is 20.5. The molecule has 7 nitrogen and oxygen atoms in total. The van der Waals surface area contributed by atoms with Gasteiger partial charge in [-0.15, -0.1) is 11.3 Å². The van der Waals surface area contributed by atoms with E-state index < -0.39 is 52.2 Å². The van der Waals surface area contributed by atoms with Gasteiger partial charge in [0.25, 0.3) is 0 Å². The van der Waals surface area contributed by atoms with Crippen LogP contribution in [0.15, 0.2) is 36.4 Å². The van der Waals surface area contributed by atoms with Gasteiger partial charge in [-0.3, -0.25) is 14.5 Å². The average Bonchev–Trinajstić information content (AvgIpc) is 3.36. The summed E-state index contributed by atoms with van der Waals surface area (Å²) >= 11 is 1.12. The van der Waals surface area contributed by atoms with Gasteiger partial charge in [-0.25, -0.2) is 4.39 Å². The number of amides is 2. The highest BCUT2D eigenvalue weighted by Crippen LogP contribution is 2.46. The van der Waals surface area contributed by atoms with Crippen LogP contribution in [0.3, 0.4) is 0 Å². The topological polar surface area (TPSA) is 87.9 Å². The second-order valence-electron chi connectivity index (χ2n) is 12.2. The molecule has 1 N–H and O–H groups in total. The largest absolute Gasteiger partial charge is 0.416 e. The van der Waals surface area contributed by atoms with Crippen molar-refractivity contribution in [3.05, 3.63) is 74.9 Å². The van der Waals surface area contributed by atoms with Crippen LogP contribution in [0.2, 0.25) is 0 Å². The first-order valence-corrected chi connectivity index (χ1v) is 15.5. The molecule has 15 heteroatoms. The number of halogens is 7. The zero-order valence-corrected chi connectivity index (χ0v) is 27.5. The molecular formula is C33H33F7N4O3S. The Morgan fingerprint density at radius 2 is 1.60 bits per heavy atom. The Hall–Kier alpha value is -4.00. The molecule has 258 valence electrons. The third-order valence-corrected chi connectivity index (χ3v) is 9.79. The van der Waals surface area contributed by atoms with Crippen LogP contribution in [-0.4, -0.2) is 66.1 Å². The van der Waals surface area contributed by atoms with E-state index >= 15 is 0 Å². The minimum atomic E-state index is -5.13. The molecule has 1 atom stereocenters. The summed E-state index contributed by atoms with van der Waals surface area (Å²) < 4.78 is 96.3. The number of aliphatic hydroxyl groups is 1. The molecule has 1 saturated heterocycles. The second-order valence-corrected chi connectivity index (χ2v) is 13.3. The third kappa shape index (κ3) is 7.35. The van der Waals surface area contributed by atoms with E-state index in [0.29, 0.717) is 46.1 Å². The van der Waals surface area contributed by atoms with Crippen LogP contribution in [0.25, 0.3) is 10.4 Å². The Kier molecular flexibility index (Phi) is 10.3. The first-order chi connectivity index (χ1) is 22.2. The van der Waals surface area contributed by atoms with Crippen molar-refractivity contribution in [2.75, 3.05) is 38.2 Å². The van der Waals surface area contributed by atoms with E-state index in [1.807, 2.05) is 4.90 Å². The van der Waals surface area contributed by atoms with Gasteiger partial charge in [0.1, 0.15) is 11.9 Å². The lowest BCUT2D eigenvalue weighted by Gasteiger charge is -2.40. The van der Waals surface area contributed by atoms with Gasteiger partial charge >= 0.3 is 12.4 Å². The van der Waals surface area contributed by atoms with Gasteiger partial charge in [0.05, 0.1) is 45.3 Å². The molecule has 1 aromatic heterocycles. The number of rotatable bonds is 7. The normalized spacial score (nSPS) is 16.2. The third-order valence-electron chi connectivity index (χ3n) is 8.59. The van der Waals surface area contributed by atoms with Gasteiger partial charge in [0, 0.05) is 45.0 Å². The highest BCUT2D eigenvalue weighted by Gasteiger charge is 2.42. The summed E-state index contributed by atoms with van der Waals surface area (Å²) in [7, 11) is 1.28. The fraction of sp³-hybridized carbons (Fsp3) is 0.424. The van der Waals surface area contributed by atoms with E-state index in [0.717, 1.165) is 16.2 Å². The van der Waals surface area contributed by atoms with E-state index in [1.165, 1.54) is 46.0 Å². The smallest absolute Gasteiger partial charge is 0.395 e. The number of anilines is 1. The second kappa shape index (κ2) is 13.5. The van der Waals surface area contributed by atoms with Crippen molar-refractivity contribution in [2.24, 2.45) is 0 Å². The quantitative estimate of drug-likeness (QED) is 0.277. The minimum Gasteiger partial charge on any atom is -0.395 e. The van der Waals surface area contributed by atoms with E-state index in [1.54, 1.807) is 11.8 Å². The number of thiophene rings is 1. The molecular weight excluding hydrogens is 665 g/mol. The average molecular weight is 699 g/mol. The van der Waals surface area contributed by atoms with E-state index in [-0.39, 0.29) is 42.9 Å². The predicted molar refractivity (Wildman–Crippen MR) is 166 cm³/mol. The molecule has 1 unspecified atom stereocenters. The summed E-state index contributed by atoms with van der Waals surface area (Å²) in [4.78, 5) is 31.5. The molecule has 0 radical (unpaired) electrons. The number of hydrogen-bond donors (Lipinski definition) is 1. The molecule has 2 aromatic carbocycles. The molecule has 4 rings (SSSR count). The SMILES string of the molecule is CC(=O)N1CCN(Cc2sc(-c3ccc(F)cc3C)c(N(C)C(=O)C(C)(C)c3cc(C(F)(F)F)cc(C(F)(F)F)c3)c2C#N)C(CO)C1. The number of aliphatic hydroxyl groups excluding tert-OH is 1. The molecule has 2 heterocycles. The Morgan fingerprint density at radius 1 is 1.02 bits per heavy atom. The molecule has 2 amide bonds. The summed E-state index contributed by atoms with van der Waals surface area (Å²) in [5.41, 5.74) is -4.66. The number of benzene rings is 2. The van der Waals surface area contributed by atoms with Crippen LogP contribution in [0, 0.1) is 24.1 Å². The standard InChI is InChI=1S/C33H33F7N4O3S/c1-18-10-23(34)6-7-25(18)29-28(26(14-41)27(48-29)16-44-9-8-43(19(2)46)15-24(44)17-45)42(5)30(47)31(3,4)20-11-21(32(35,36)37)13-22(12-20)33(38,39)40/h6-7,10-13,24,45H,8-9,15-17H2,1-5H3. The first-order valence-electron chi connectivity index (χ1n) is 14.7. The van der Waals surface area contributed by atoms with Crippen LogP contribution in [0.5, 0.6) is 0 Å². The molecule has 0 spiro atoms. The molecule has 1 fully saturated rings. The van der Waals surface area contributed by atoms with Gasteiger partial charge in [-0.2, -0.15) is 31.6 Å². The molecule has 0 saturated carbocycles. The molecule has 0 bridgehead atoms. The van der Waals surface area contributed by atoms with E-state index in [4.69, 9.17) is 0 Å². The van der Waals surface area contributed by atoms with E-state index in [9.17, 15) is 50.7 Å². The molecule has 3 aromatic rings. The predicted octanol–water partition coefficient (Wildman–Crippen LogP) is 6.74. The van der Waals surface area contributed by atoms with Crippen molar-refractivity contribution in [1.82, 2.24) is 9.80 Å². The van der Waals surface area contributed by atoms with Crippen LogP contribution >= 0.6 is 11.3 Å². The van der Waals surface area contributed by atoms with Crippen molar-refractivity contribution in [3.63, 3.8) is 0 Å². The van der Waals surface area contributed by atoms with Crippen LogP contribution < -0.4 is 4.90 Å². The molecule has 0 aliphatic carbocycles.